The summed E-state index contributed by atoms with van der Waals surface area (Å²) in [6.07, 6.45) is 0.964. The molecule has 0 saturated carbocycles. The second-order valence-corrected chi connectivity index (χ2v) is 5.43. The van der Waals surface area contributed by atoms with Crippen molar-refractivity contribution in [2.24, 2.45) is 5.41 Å². The van der Waals surface area contributed by atoms with Crippen molar-refractivity contribution in [3.8, 4) is 0 Å². The normalized spacial score (nSPS) is 12.4. The van der Waals surface area contributed by atoms with E-state index in [0.29, 0.717) is 6.61 Å². The first-order chi connectivity index (χ1) is 6.66. The lowest BCUT2D eigenvalue weighted by Gasteiger charge is -2.26. The topological polar surface area (TPSA) is 35.5 Å². The van der Waals surface area contributed by atoms with Crippen LogP contribution in [0.5, 0.6) is 0 Å². The largest absolute Gasteiger partial charge is 0.477 e. The van der Waals surface area contributed by atoms with Crippen molar-refractivity contribution in [2.45, 2.75) is 46.5 Å². The van der Waals surface area contributed by atoms with Crippen LogP contribution in [-0.4, -0.2) is 32.4 Å². The van der Waals surface area contributed by atoms with Gasteiger partial charge in [0.2, 0.25) is 5.87 Å². The SMILES string of the molecule is COC(=O)[B]C(C)(C)OCCC(C)(C)C. The van der Waals surface area contributed by atoms with Gasteiger partial charge in [0.15, 0.2) is 0 Å². The van der Waals surface area contributed by atoms with E-state index in [4.69, 9.17) is 4.74 Å². The minimum absolute atomic E-state index is 0.251. The van der Waals surface area contributed by atoms with E-state index in [1.165, 1.54) is 14.4 Å². The summed E-state index contributed by atoms with van der Waals surface area (Å²) in [5, 5.41) is 0. The molecule has 0 aromatic heterocycles. The summed E-state index contributed by atoms with van der Waals surface area (Å²) in [5.74, 6) is -0.351. The predicted molar refractivity (Wildman–Crippen MR) is 62.3 cm³/mol. The maximum Gasteiger partial charge on any atom is 0.300 e. The summed E-state index contributed by atoms with van der Waals surface area (Å²) in [4.78, 5) is 11.0. The minimum Gasteiger partial charge on any atom is -0.477 e. The van der Waals surface area contributed by atoms with E-state index in [-0.39, 0.29) is 11.3 Å². The highest BCUT2D eigenvalue weighted by Gasteiger charge is 2.26. The molecule has 3 nitrogen and oxygen atoms in total. The number of carbonyl (C=O) groups excluding carboxylic acids is 1. The van der Waals surface area contributed by atoms with Gasteiger partial charge < -0.3 is 9.47 Å². The first-order valence-corrected chi connectivity index (χ1v) is 5.24. The molecule has 0 unspecified atom stereocenters. The Morgan fingerprint density at radius 3 is 2.13 bits per heavy atom. The molecule has 0 atom stereocenters. The zero-order valence-corrected chi connectivity index (χ0v) is 10.7. The van der Waals surface area contributed by atoms with Crippen LogP contribution >= 0.6 is 0 Å². The van der Waals surface area contributed by atoms with Gasteiger partial charge in [-0.25, -0.2) is 0 Å². The van der Waals surface area contributed by atoms with Gasteiger partial charge >= 0.3 is 7.28 Å². The molecule has 1 radical (unpaired) electrons. The Bertz CT molecular complexity index is 206. The van der Waals surface area contributed by atoms with Gasteiger partial charge in [0.25, 0.3) is 0 Å². The van der Waals surface area contributed by atoms with Crippen molar-refractivity contribution in [1.29, 1.82) is 0 Å². The van der Waals surface area contributed by atoms with Gasteiger partial charge in [0, 0.05) is 12.1 Å². The Hall–Kier alpha value is -0.505. The first-order valence-electron chi connectivity index (χ1n) is 5.24. The second-order valence-electron chi connectivity index (χ2n) is 5.43. The molecule has 0 saturated heterocycles. The molecular weight excluding hydrogens is 191 g/mol. The number of rotatable bonds is 5. The number of methoxy groups -OCH3 is 1. The van der Waals surface area contributed by atoms with Crippen molar-refractivity contribution in [1.82, 2.24) is 0 Å². The number of hydrogen-bond donors (Lipinski definition) is 0. The lowest BCUT2D eigenvalue weighted by molar-refractivity contribution is 0.0279. The van der Waals surface area contributed by atoms with E-state index < -0.39 is 5.50 Å². The molecule has 0 aromatic rings. The maximum atomic E-state index is 11.0. The summed E-state index contributed by atoms with van der Waals surface area (Å²) in [7, 11) is 2.82. The smallest absolute Gasteiger partial charge is 0.300 e. The summed E-state index contributed by atoms with van der Waals surface area (Å²) in [5.41, 5.74) is -0.306. The summed E-state index contributed by atoms with van der Waals surface area (Å²) >= 11 is 0. The summed E-state index contributed by atoms with van der Waals surface area (Å²) in [6.45, 7) is 10.8. The van der Waals surface area contributed by atoms with Crippen molar-refractivity contribution in [3.63, 3.8) is 0 Å². The van der Waals surface area contributed by atoms with Gasteiger partial charge in [-0.3, -0.25) is 4.79 Å². The van der Waals surface area contributed by atoms with Crippen LogP contribution in [0.3, 0.4) is 0 Å². The van der Waals surface area contributed by atoms with E-state index in [1.54, 1.807) is 0 Å². The van der Waals surface area contributed by atoms with Crippen LogP contribution in [0.1, 0.15) is 41.0 Å². The van der Waals surface area contributed by atoms with Crippen molar-refractivity contribution < 1.29 is 14.3 Å². The molecule has 0 N–H and O–H groups in total. The van der Waals surface area contributed by atoms with Crippen molar-refractivity contribution >= 4 is 13.1 Å². The molecule has 0 fully saturated rings. The molecule has 0 rings (SSSR count). The fourth-order valence-electron chi connectivity index (χ4n) is 1.00. The van der Waals surface area contributed by atoms with Gasteiger partial charge in [-0.1, -0.05) is 20.8 Å². The zero-order valence-electron chi connectivity index (χ0n) is 10.7. The molecule has 0 aliphatic carbocycles. The summed E-state index contributed by atoms with van der Waals surface area (Å²) in [6, 6.07) is 0. The highest BCUT2D eigenvalue weighted by atomic mass is 16.5. The molecule has 4 heteroatoms. The Labute approximate surface area is 93.8 Å². The van der Waals surface area contributed by atoms with Crippen molar-refractivity contribution in [2.75, 3.05) is 13.7 Å². The Balaban J connectivity index is 3.89. The van der Waals surface area contributed by atoms with Gasteiger partial charge in [-0.05, 0) is 25.7 Å². The highest BCUT2D eigenvalue weighted by Crippen LogP contribution is 2.20. The standard InChI is InChI=1S/C11H22BO3/c1-10(2,3)7-8-15-11(4,5)12-9(13)14-6/h7-8H2,1-6H3. The van der Waals surface area contributed by atoms with Gasteiger partial charge in [-0.2, -0.15) is 0 Å². The molecular formula is C11H22BO3. The second kappa shape index (κ2) is 5.54. The fourth-order valence-corrected chi connectivity index (χ4v) is 1.00. The van der Waals surface area contributed by atoms with Gasteiger partial charge in [-0.15, -0.1) is 0 Å². The molecule has 0 spiro atoms. The van der Waals surface area contributed by atoms with Crippen LogP contribution in [0.2, 0.25) is 0 Å². The minimum atomic E-state index is -0.557. The third-order valence-corrected chi connectivity index (χ3v) is 1.99. The monoisotopic (exact) mass is 213 g/mol. The first kappa shape index (κ1) is 14.5. The Morgan fingerprint density at radius 1 is 1.20 bits per heavy atom. The molecule has 0 amide bonds. The lowest BCUT2D eigenvalue weighted by Crippen LogP contribution is -2.38. The van der Waals surface area contributed by atoms with E-state index >= 15 is 0 Å². The van der Waals surface area contributed by atoms with Crippen LogP contribution in [0.4, 0.5) is 4.79 Å². The van der Waals surface area contributed by atoms with E-state index in [2.05, 4.69) is 25.5 Å². The van der Waals surface area contributed by atoms with Gasteiger partial charge in [0.05, 0.1) is 7.11 Å². The fraction of sp³-hybridized carbons (Fsp3) is 0.909. The third kappa shape index (κ3) is 8.49. The molecule has 0 aliphatic heterocycles. The molecule has 0 bridgehead atoms. The third-order valence-electron chi connectivity index (χ3n) is 1.99. The van der Waals surface area contributed by atoms with Crippen LogP contribution in [-0.2, 0) is 9.47 Å². The maximum absolute atomic E-state index is 11.0. The number of carbonyl (C=O) groups is 1. The molecule has 0 aliphatic rings. The van der Waals surface area contributed by atoms with Crippen LogP contribution < -0.4 is 0 Å². The van der Waals surface area contributed by atoms with Crippen molar-refractivity contribution in [3.05, 3.63) is 0 Å². The number of ether oxygens (including phenoxy) is 2. The summed E-state index contributed by atoms with van der Waals surface area (Å²) < 4.78 is 10.2. The number of hydrogen-bond acceptors (Lipinski definition) is 3. The van der Waals surface area contributed by atoms with Gasteiger partial charge in [0.1, 0.15) is 0 Å². The van der Waals surface area contributed by atoms with Crippen LogP contribution in [0.25, 0.3) is 0 Å². The molecule has 15 heavy (non-hydrogen) atoms. The van der Waals surface area contributed by atoms with E-state index in [0.717, 1.165) is 6.42 Å². The molecule has 0 heterocycles. The van der Waals surface area contributed by atoms with Crippen LogP contribution in [0.15, 0.2) is 0 Å². The Morgan fingerprint density at radius 2 is 1.73 bits per heavy atom. The van der Waals surface area contributed by atoms with Crippen LogP contribution in [0, 0.1) is 5.41 Å². The average molecular weight is 213 g/mol. The quantitative estimate of drug-likeness (QED) is 0.658. The highest BCUT2D eigenvalue weighted by molar-refractivity contribution is 6.74. The Kier molecular flexibility index (Phi) is 5.36. The van der Waals surface area contributed by atoms with E-state index in [1.807, 2.05) is 13.8 Å². The molecule has 0 aromatic carbocycles. The zero-order chi connectivity index (χ0) is 12.1. The molecule has 87 valence electrons. The lowest BCUT2D eigenvalue weighted by atomic mass is 9.62. The van der Waals surface area contributed by atoms with E-state index in [9.17, 15) is 4.79 Å². The predicted octanol–water partition coefficient (Wildman–Crippen LogP) is 2.65. The average Bonchev–Trinajstić information content (AvgIpc) is 2.00.